The summed E-state index contributed by atoms with van der Waals surface area (Å²) < 4.78 is 7.87. The third-order valence-electron chi connectivity index (χ3n) is 2.54. The lowest BCUT2D eigenvalue weighted by molar-refractivity contribution is 0.0520. The average molecular weight is 281 g/mol. The number of ether oxygens (including phenoxy) is 1. The number of halogens is 1. The highest BCUT2D eigenvalue weighted by molar-refractivity contribution is 7.23. The third-order valence-corrected chi connectivity index (χ3v) is 3.81. The van der Waals surface area contributed by atoms with Crippen LogP contribution in [0.2, 0.25) is 5.02 Å². The van der Waals surface area contributed by atoms with E-state index in [1.807, 2.05) is 22.6 Å². The number of aromatic nitrogens is 2. The summed E-state index contributed by atoms with van der Waals surface area (Å²) in [5, 5.41) is 0.661. The van der Waals surface area contributed by atoms with Gasteiger partial charge in [-0.25, -0.2) is 9.78 Å². The van der Waals surface area contributed by atoms with E-state index in [1.165, 1.54) is 11.3 Å². The summed E-state index contributed by atoms with van der Waals surface area (Å²) in [4.78, 5) is 16.6. The second-order valence-electron chi connectivity index (χ2n) is 3.71. The van der Waals surface area contributed by atoms with E-state index in [1.54, 1.807) is 13.1 Å². The first-order chi connectivity index (χ1) is 8.69. The molecule has 0 saturated carbocycles. The molecule has 0 aliphatic rings. The SMILES string of the molecule is CCOC(=O)c1cn2c(n1)sc1ccc(Cl)cc12. The molecule has 0 bridgehead atoms. The van der Waals surface area contributed by atoms with Crippen LogP contribution >= 0.6 is 22.9 Å². The first-order valence-corrected chi connectivity index (χ1v) is 6.63. The van der Waals surface area contributed by atoms with Crippen LogP contribution in [0.1, 0.15) is 17.4 Å². The van der Waals surface area contributed by atoms with Crippen molar-refractivity contribution in [3.63, 3.8) is 0 Å². The number of rotatable bonds is 2. The van der Waals surface area contributed by atoms with Crippen LogP contribution < -0.4 is 0 Å². The van der Waals surface area contributed by atoms with Crippen molar-refractivity contribution in [3.8, 4) is 0 Å². The lowest BCUT2D eigenvalue weighted by Crippen LogP contribution is -2.04. The maximum Gasteiger partial charge on any atom is 0.358 e. The molecule has 0 N–H and O–H groups in total. The number of carbonyl (C=O) groups excluding carboxylic acids is 1. The highest BCUT2D eigenvalue weighted by Gasteiger charge is 2.14. The van der Waals surface area contributed by atoms with Gasteiger partial charge in [-0.3, -0.25) is 4.40 Å². The molecule has 0 amide bonds. The minimum Gasteiger partial charge on any atom is -0.461 e. The van der Waals surface area contributed by atoms with Crippen LogP contribution in [0.3, 0.4) is 0 Å². The lowest BCUT2D eigenvalue weighted by atomic mass is 10.3. The maximum absolute atomic E-state index is 11.6. The minimum absolute atomic E-state index is 0.324. The predicted octanol–water partition coefficient (Wildman–Crippen LogP) is 3.38. The Bertz CT molecular complexity index is 747. The monoisotopic (exact) mass is 280 g/mol. The zero-order chi connectivity index (χ0) is 12.7. The molecule has 92 valence electrons. The molecule has 3 aromatic rings. The molecule has 6 heteroatoms. The molecule has 3 rings (SSSR count). The van der Waals surface area contributed by atoms with E-state index in [9.17, 15) is 4.79 Å². The van der Waals surface area contributed by atoms with Gasteiger partial charge in [0.2, 0.25) is 0 Å². The summed E-state index contributed by atoms with van der Waals surface area (Å²) in [5.41, 5.74) is 1.27. The zero-order valence-corrected chi connectivity index (χ0v) is 11.1. The Kier molecular flexibility index (Phi) is 2.72. The van der Waals surface area contributed by atoms with Gasteiger partial charge < -0.3 is 4.74 Å². The standard InChI is InChI=1S/C12H9ClN2O2S/c1-2-17-11(16)8-6-15-9-5-7(13)3-4-10(9)18-12(15)14-8/h3-6H,2H2,1H3. The summed E-state index contributed by atoms with van der Waals surface area (Å²) >= 11 is 7.49. The maximum atomic E-state index is 11.6. The van der Waals surface area contributed by atoms with E-state index in [-0.39, 0.29) is 0 Å². The van der Waals surface area contributed by atoms with Crippen LogP contribution in [0.25, 0.3) is 15.2 Å². The molecule has 0 aliphatic heterocycles. The van der Waals surface area contributed by atoms with Gasteiger partial charge in [0.15, 0.2) is 10.7 Å². The Morgan fingerprint density at radius 2 is 2.39 bits per heavy atom. The van der Waals surface area contributed by atoms with E-state index in [0.717, 1.165) is 15.2 Å². The number of carbonyl (C=O) groups is 1. The Morgan fingerprint density at radius 3 is 3.17 bits per heavy atom. The molecule has 0 atom stereocenters. The molecule has 0 spiro atoms. The Labute approximate surface area is 112 Å². The molecule has 0 aliphatic carbocycles. The number of hydrogen-bond acceptors (Lipinski definition) is 4. The number of hydrogen-bond donors (Lipinski definition) is 0. The molecule has 4 nitrogen and oxygen atoms in total. The van der Waals surface area contributed by atoms with Crippen LogP contribution in [0.5, 0.6) is 0 Å². The van der Waals surface area contributed by atoms with Crippen LogP contribution in [0.15, 0.2) is 24.4 Å². The van der Waals surface area contributed by atoms with Crippen molar-refractivity contribution in [2.24, 2.45) is 0 Å². The Morgan fingerprint density at radius 1 is 1.56 bits per heavy atom. The molecule has 0 fully saturated rings. The van der Waals surface area contributed by atoms with Crippen molar-refractivity contribution >= 4 is 44.1 Å². The molecule has 0 unspecified atom stereocenters. The molecule has 1 aromatic carbocycles. The van der Waals surface area contributed by atoms with Gasteiger partial charge in [-0.1, -0.05) is 22.9 Å². The molecule has 2 heterocycles. The van der Waals surface area contributed by atoms with Gasteiger partial charge >= 0.3 is 5.97 Å². The molecule has 2 aromatic heterocycles. The highest BCUT2D eigenvalue weighted by Crippen LogP contribution is 2.28. The van der Waals surface area contributed by atoms with Crippen LogP contribution in [-0.4, -0.2) is 22.0 Å². The van der Waals surface area contributed by atoms with Crippen molar-refractivity contribution in [2.45, 2.75) is 6.92 Å². The quantitative estimate of drug-likeness (QED) is 0.676. The van der Waals surface area contributed by atoms with Gasteiger partial charge in [-0.05, 0) is 25.1 Å². The van der Waals surface area contributed by atoms with E-state index in [0.29, 0.717) is 17.3 Å². The van der Waals surface area contributed by atoms with Gasteiger partial charge in [0.1, 0.15) is 0 Å². The number of fused-ring (bicyclic) bond motifs is 3. The average Bonchev–Trinajstić information content (AvgIpc) is 2.87. The summed E-state index contributed by atoms with van der Waals surface area (Å²) in [6, 6.07) is 5.64. The fourth-order valence-electron chi connectivity index (χ4n) is 1.77. The highest BCUT2D eigenvalue weighted by atomic mass is 35.5. The molecule has 18 heavy (non-hydrogen) atoms. The van der Waals surface area contributed by atoms with Gasteiger partial charge in [0, 0.05) is 11.2 Å². The second kappa shape index (κ2) is 4.26. The topological polar surface area (TPSA) is 43.6 Å². The van der Waals surface area contributed by atoms with Gasteiger partial charge in [0.25, 0.3) is 0 Å². The first-order valence-electron chi connectivity index (χ1n) is 5.43. The van der Waals surface area contributed by atoms with Crippen LogP contribution in [0, 0.1) is 0 Å². The summed E-state index contributed by atoms with van der Waals surface area (Å²) in [6.07, 6.45) is 1.68. The molecule has 0 saturated heterocycles. The number of benzene rings is 1. The summed E-state index contributed by atoms with van der Waals surface area (Å²) in [6.45, 7) is 2.11. The molecular formula is C12H9ClN2O2S. The number of thiazole rings is 1. The predicted molar refractivity (Wildman–Crippen MR) is 71.5 cm³/mol. The fraction of sp³-hybridized carbons (Fsp3) is 0.167. The zero-order valence-electron chi connectivity index (χ0n) is 9.51. The third kappa shape index (κ3) is 1.76. The number of imidazole rings is 1. The van der Waals surface area contributed by atoms with E-state index in [4.69, 9.17) is 16.3 Å². The van der Waals surface area contributed by atoms with Crippen molar-refractivity contribution in [1.29, 1.82) is 0 Å². The van der Waals surface area contributed by atoms with E-state index in [2.05, 4.69) is 4.98 Å². The fourth-order valence-corrected chi connectivity index (χ4v) is 2.93. The summed E-state index contributed by atoms with van der Waals surface area (Å²) in [5.74, 6) is -0.399. The van der Waals surface area contributed by atoms with Crippen molar-refractivity contribution in [1.82, 2.24) is 9.38 Å². The van der Waals surface area contributed by atoms with Gasteiger partial charge in [-0.15, -0.1) is 0 Å². The number of nitrogens with zero attached hydrogens (tertiary/aromatic N) is 2. The van der Waals surface area contributed by atoms with Crippen molar-refractivity contribution in [2.75, 3.05) is 6.61 Å². The largest absolute Gasteiger partial charge is 0.461 e. The van der Waals surface area contributed by atoms with Crippen molar-refractivity contribution < 1.29 is 9.53 Å². The van der Waals surface area contributed by atoms with Crippen LogP contribution in [-0.2, 0) is 4.74 Å². The summed E-state index contributed by atoms with van der Waals surface area (Å²) in [7, 11) is 0. The smallest absolute Gasteiger partial charge is 0.358 e. The lowest BCUT2D eigenvalue weighted by Gasteiger charge is -1.96. The molecule has 0 radical (unpaired) electrons. The first kappa shape index (κ1) is 11.5. The van der Waals surface area contributed by atoms with E-state index < -0.39 is 5.97 Å². The van der Waals surface area contributed by atoms with Gasteiger partial charge in [0.05, 0.1) is 16.8 Å². The normalized spacial score (nSPS) is 11.2. The second-order valence-corrected chi connectivity index (χ2v) is 5.16. The van der Waals surface area contributed by atoms with Crippen molar-refractivity contribution in [3.05, 3.63) is 35.1 Å². The van der Waals surface area contributed by atoms with E-state index >= 15 is 0 Å². The minimum atomic E-state index is -0.399. The van der Waals surface area contributed by atoms with Crippen LogP contribution in [0.4, 0.5) is 0 Å². The Balaban J connectivity index is 2.18. The molecular weight excluding hydrogens is 272 g/mol. The van der Waals surface area contributed by atoms with Gasteiger partial charge in [-0.2, -0.15) is 0 Å². The Hall–Kier alpha value is -1.59. The number of esters is 1.